The summed E-state index contributed by atoms with van der Waals surface area (Å²) in [6.07, 6.45) is 6.99. The first-order valence-electron chi connectivity index (χ1n) is 9.04. The van der Waals surface area contributed by atoms with Crippen LogP contribution < -0.4 is 10.6 Å². The van der Waals surface area contributed by atoms with Gasteiger partial charge in [0.25, 0.3) is 0 Å². The van der Waals surface area contributed by atoms with Gasteiger partial charge in [0, 0.05) is 11.1 Å². The number of aryl methyl sites for hydroxylation is 1. The van der Waals surface area contributed by atoms with Crippen molar-refractivity contribution in [3.05, 3.63) is 23.9 Å². The van der Waals surface area contributed by atoms with Crippen LogP contribution in [0.1, 0.15) is 44.2 Å². The third-order valence-electron chi connectivity index (χ3n) is 6.09. The van der Waals surface area contributed by atoms with E-state index in [-0.39, 0.29) is 23.8 Å². The van der Waals surface area contributed by atoms with E-state index in [0.29, 0.717) is 5.82 Å². The van der Waals surface area contributed by atoms with Gasteiger partial charge in [-0.05, 0) is 75.3 Å². The maximum absolute atomic E-state index is 12.8. The summed E-state index contributed by atoms with van der Waals surface area (Å²) >= 11 is 0. The fourth-order valence-corrected chi connectivity index (χ4v) is 5.54. The Morgan fingerprint density at radius 1 is 1.12 bits per heavy atom. The van der Waals surface area contributed by atoms with Crippen molar-refractivity contribution in [1.29, 1.82) is 0 Å². The van der Waals surface area contributed by atoms with Crippen LogP contribution in [0.4, 0.5) is 5.82 Å². The smallest absolute Gasteiger partial charge is 0.244 e. The van der Waals surface area contributed by atoms with Crippen LogP contribution in [-0.4, -0.2) is 23.3 Å². The first kappa shape index (κ1) is 15.6. The molecule has 0 saturated heterocycles. The molecule has 1 heterocycles. The molecule has 5 rings (SSSR count). The molecule has 2 N–H and O–H groups in total. The lowest BCUT2D eigenvalue weighted by Crippen LogP contribution is -2.54. The van der Waals surface area contributed by atoms with Crippen molar-refractivity contribution in [2.24, 2.45) is 23.2 Å². The monoisotopic (exact) mass is 327 g/mol. The number of carbonyl (C=O) groups excluding carboxylic acids is 2. The van der Waals surface area contributed by atoms with Gasteiger partial charge < -0.3 is 10.6 Å². The molecule has 4 bridgehead atoms. The van der Waals surface area contributed by atoms with E-state index >= 15 is 0 Å². The third kappa shape index (κ3) is 2.92. The van der Waals surface area contributed by atoms with Crippen molar-refractivity contribution in [3.8, 4) is 0 Å². The molecule has 0 aliphatic heterocycles. The fraction of sp³-hybridized carbons (Fsp3) is 0.632. The molecular formula is C19H25N3O2. The number of amides is 2. The minimum atomic E-state index is -0.217. The zero-order chi connectivity index (χ0) is 16.7. The van der Waals surface area contributed by atoms with E-state index in [9.17, 15) is 9.59 Å². The van der Waals surface area contributed by atoms with Crippen molar-refractivity contribution in [2.75, 3.05) is 11.9 Å². The summed E-state index contributed by atoms with van der Waals surface area (Å²) in [5, 5.41) is 5.64. The molecular weight excluding hydrogens is 302 g/mol. The zero-order valence-electron chi connectivity index (χ0n) is 14.2. The molecule has 0 radical (unpaired) electrons. The van der Waals surface area contributed by atoms with Crippen LogP contribution in [0.25, 0.3) is 0 Å². The summed E-state index contributed by atoms with van der Waals surface area (Å²) in [6.45, 7) is 1.90. The second-order valence-corrected chi connectivity index (χ2v) is 8.09. The second kappa shape index (κ2) is 5.87. The van der Waals surface area contributed by atoms with E-state index in [4.69, 9.17) is 0 Å². The van der Waals surface area contributed by atoms with Crippen LogP contribution in [-0.2, 0) is 9.59 Å². The first-order valence-corrected chi connectivity index (χ1v) is 9.04. The van der Waals surface area contributed by atoms with Crippen LogP contribution >= 0.6 is 0 Å². The highest BCUT2D eigenvalue weighted by Crippen LogP contribution is 2.60. The van der Waals surface area contributed by atoms with Crippen molar-refractivity contribution < 1.29 is 9.59 Å². The molecule has 4 saturated carbocycles. The Labute approximate surface area is 142 Å². The highest BCUT2D eigenvalue weighted by Gasteiger charge is 2.54. The van der Waals surface area contributed by atoms with E-state index in [1.54, 1.807) is 6.07 Å². The Kier molecular flexibility index (Phi) is 3.82. The van der Waals surface area contributed by atoms with Gasteiger partial charge in [0.2, 0.25) is 11.8 Å². The Hall–Kier alpha value is -1.91. The highest BCUT2D eigenvalue weighted by atomic mass is 16.2. The van der Waals surface area contributed by atoms with Crippen molar-refractivity contribution in [2.45, 2.75) is 45.4 Å². The van der Waals surface area contributed by atoms with Crippen molar-refractivity contribution in [1.82, 2.24) is 10.3 Å². The molecule has 1 aromatic heterocycles. The van der Waals surface area contributed by atoms with E-state index in [1.165, 1.54) is 19.3 Å². The standard InChI is InChI=1S/C19H25N3O2/c1-12-3-2-4-16(21-12)22-17(23)11-20-18(24)19-8-13-5-14(9-19)7-15(6-13)10-19/h2-4,13-15H,5-11H2,1H3,(H,20,24)(H,21,22,23). The molecule has 128 valence electrons. The SMILES string of the molecule is Cc1cccc(NC(=O)CNC(=O)C23CC4CC(CC(C4)C2)C3)n1. The quantitative estimate of drug-likeness (QED) is 0.893. The molecule has 4 fully saturated rings. The number of nitrogens with one attached hydrogen (secondary N) is 2. The molecule has 0 unspecified atom stereocenters. The fourth-order valence-electron chi connectivity index (χ4n) is 5.54. The van der Waals surface area contributed by atoms with E-state index in [2.05, 4.69) is 15.6 Å². The number of rotatable bonds is 4. The molecule has 2 amide bonds. The van der Waals surface area contributed by atoms with Crippen molar-refractivity contribution in [3.63, 3.8) is 0 Å². The number of anilines is 1. The Morgan fingerprint density at radius 2 is 1.75 bits per heavy atom. The van der Waals surface area contributed by atoms with Gasteiger partial charge in [0.15, 0.2) is 0 Å². The van der Waals surface area contributed by atoms with Crippen LogP contribution in [0.5, 0.6) is 0 Å². The number of aromatic nitrogens is 1. The van der Waals surface area contributed by atoms with Gasteiger partial charge in [-0.25, -0.2) is 4.98 Å². The second-order valence-electron chi connectivity index (χ2n) is 8.09. The van der Waals surface area contributed by atoms with Crippen LogP contribution in [0, 0.1) is 30.1 Å². The Morgan fingerprint density at radius 3 is 2.33 bits per heavy atom. The van der Waals surface area contributed by atoms with Crippen LogP contribution in [0.15, 0.2) is 18.2 Å². The Balaban J connectivity index is 1.34. The average molecular weight is 327 g/mol. The predicted molar refractivity (Wildman–Crippen MR) is 91.2 cm³/mol. The molecule has 24 heavy (non-hydrogen) atoms. The average Bonchev–Trinajstić information content (AvgIpc) is 2.51. The predicted octanol–water partition coefficient (Wildman–Crippen LogP) is 2.66. The minimum Gasteiger partial charge on any atom is -0.347 e. The Bertz CT molecular complexity index is 635. The number of pyridine rings is 1. The van der Waals surface area contributed by atoms with Gasteiger partial charge in [-0.2, -0.15) is 0 Å². The molecule has 0 atom stereocenters. The summed E-state index contributed by atoms with van der Waals surface area (Å²) < 4.78 is 0. The van der Waals surface area contributed by atoms with Gasteiger partial charge in [0.05, 0.1) is 6.54 Å². The maximum atomic E-state index is 12.8. The van der Waals surface area contributed by atoms with E-state index in [1.807, 2.05) is 19.1 Å². The maximum Gasteiger partial charge on any atom is 0.244 e. The summed E-state index contributed by atoms with van der Waals surface area (Å²) in [4.78, 5) is 29.1. The summed E-state index contributed by atoms with van der Waals surface area (Å²) in [6, 6.07) is 5.49. The third-order valence-corrected chi connectivity index (χ3v) is 6.09. The lowest BCUT2D eigenvalue weighted by Gasteiger charge is -2.55. The van der Waals surface area contributed by atoms with Gasteiger partial charge in [-0.15, -0.1) is 0 Å². The van der Waals surface area contributed by atoms with Gasteiger partial charge in [0.1, 0.15) is 5.82 Å². The number of nitrogens with zero attached hydrogens (tertiary/aromatic N) is 1. The van der Waals surface area contributed by atoms with Gasteiger partial charge >= 0.3 is 0 Å². The van der Waals surface area contributed by atoms with Crippen molar-refractivity contribution >= 4 is 17.6 Å². The number of hydrogen-bond donors (Lipinski definition) is 2. The topological polar surface area (TPSA) is 71.1 Å². The lowest BCUT2D eigenvalue weighted by molar-refractivity contribution is -0.146. The number of carbonyl (C=O) groups is 2. The highest BCUT2D eigenvalue weighted by molar-refractivity contribution is 5.94. The van der Waals surface area contributed by atoms with E-state index < -0.39 is 0 Å². The normalized spacial score (nSPS) is 33.3. The lowest BCUT2D eigenvalue weighted by atomic mass is 9.49. The first-order chi connectivity index (χ1) is 11.5. The summed E-state index contributed by atoms with van der Waals surface area (Å²) in [7, 11) is 0. The summed E-state index contributed by atoms with van der Waals surface area (Å²) in [5.41, 5.74) is 0.654. The summed E-state index contributed by atoms with van der Waals surface area (Å²) in [5.74, 6) is 2.59. The van der Waals surface area contributed by atoms with E-state index in [0.717, 1.165) is 42.7 Å². The molecule has 5 nitrogen and oxygen atoms in total. The number of hydrogen-bond acceptors (Lipinski definition) is 3. The molecule has 0 spiro atoms. The molecule has 4 aliphatic carbocycles. The minimum absolute atomic E-state index is 0.0240. The molecule has 4 aliphatic rings. The van der Waals surface area contributed by atoms with Crippen LogP contribution in [0.2, 0.25) is 0 Å². The molecule has 1 aromatic rings. The largest absolute Gasteiger partial charge is 0.347 e. The zero-order valence-corrected chi connectivity index (χ0v) is 14.2. The van der Waals surface area contributed by atoms with Crippen LogP contribution in [0.3, 0.4) is 0 Å². The van der Waals surface area contributed by atoms with Gasteiger partial charge in [-0.3, -0.25) is 9.59 Å². The van der Waals surface area contributed by atoms with Gasteiger partial charge in [-0.1, -0.05) is 6.07 Å². The molecule has 0 aromatic carbocycles. The molecule has 5 heteroatoms.